The number of carbonyl (C=O) groups excluding carboxylic acids is 1. The summed E-state index contributed by atoms with van der Waals surface area (Å²) in [7, 11) is -0.535. The fourth-order valence-corrected chi connectivity index (χ4v) is 4.22. The molecule has 0 aromatic heterocycles. The summed E-state index contributed by atoms with van der Waals surface area (Å²) in [6.07, 6.45) is 1.20. The van der Waals surface area contributed by atoms with Crippen LogP contribution in [0.1, 0.15) is 20.3 Å². The largest absolute Gasteiger partial charge is 0.325 e. The molecule has 0 radical (unpaired) electrons. The van der Waals surface area contributed by atoms with Crippen molar-refractivity contribution in [2.24, 2.45) is 11.8 Å². The molecule has 0 bridgehead atoms. The highest BCUT2D eigenvalue weighted by Gasteiger charge is 2.23. The standard InChI is InChI=1S/C17H27N3O3S/c1-13-8-14(2)11-20(10-13)12-17(21)18-15-6-5-7-16(9-15)24(22,23)19(3)4/h5-7,9,13-14H,8,10-12H2,1-4H3,(H,18,21)/t13-,14-/m0/s1. The van der Waals surface area contributed by atoms with Crippen LogP contribution in [0.3, 0.4) is 0 Å². The van der Waals surface area contributed by atoms with E-state index in [9.17, 15) is 13.2 Å². The van der Waals surface area contributed by atoms with E-state index in [0.717, 1.165) is 17.4 Å². The molecule has 24 heavy (non-hydrogen) atoms. The second-order valence-electron chi connectivity index (χ2n) is 7.00. The molecule has 0 spiro atoms. The van der Waals surface area contributed by atoms with Crippen LogP contribution in [0.15, 0.2) is 29.2 Å². The zero-order chi connectivity index (χ0) is 17.9. The van der Waals surface area contributed by atoms with Crippen LogP contribution in [0, 0.1) is 11.8 Å². The van der Waals surface area contributed by atoms with Gasteiger partial charge in [0.25, 0.3) is 0 Å². The summed E-state index contributed by atoms with van der Waals surface area (Å²) in [5.74, 6) is 1.07. The summed E-state index contributed by atoms with van der Waals surface area (Å²) >= 11 is 0. The average molecular weight is 353 g/mol. The molecule has 2 atom stereocenters. The van der Waals surface area contributed by atoms with E-state index in [1.165, 1.54) is 32.6 Å². The van der Waals surface area contributed by atoms with Gasteiger partial charge in [-0.3, -0.25) is 9.69 Å². The summed E-state index contributed by atoms with van der Waals surface area (Å²) in [5, 5.41) is 2.81. The lowest BCUT2D eigenvalue weighted by atomic mass is 9.92. The molecule has 0 saturated carbocycles. The summed E-state index contributed by atoms with van der Waals surface area (Å²) < 4.78 is 25.5. The lowest BCUT2D eigenvalue weighted by molar-refractivity contribution is -0.117. The minimum atomic E-state index is -3.51. The van der Waals surface area contributed by atoms with E-state index in [2.05, 4.69) is 24.1 Å². The molecule has 0 unspecified atom stereocenters. The van der Waals surface area contributed by atoms with Crippen molar-refractivity contribution in [2.75, 3.05) is 39.0 Å². The Bertz CT molecular complexity index is 678. The van der Waals surface area contributed by atoms with Crippen molar-refractivity contribution in [3.8, 4) is 0 Å². The molecule has 134 valence electrons. The first-order valence-corrected chi connectivity index (χ1v) is 9.67. The maximum Gasteiger partial charge on any atom is 0.242 e. The summed E-state index contributed by atoms with van der Waals surface area (Å²) in [6, 6.07) is 6.36. The van der Waals surface area contributed by atoms with Gasteiger partial charge in [-0.05, 0) is 36.5 Å². The minimum absolute atomic E-state index is 0.115. The number of amides is 1. The summed E-state index contributed by atoms with van der Waals surface area (Å²) in [4.78, 5) is 14.6. The Morgan fingerprint density at radius 2 is 1.88 bits per heavy atom. The van der Waals surface area contributed by atoms with E-state index >= 15 is 0 Å². The number of rotatable bonds is 5. The second kappa shape index (κ2) is 7.63. The quantitative estimate of drug-likeness (QED) is 0.877. The van der Waals surface area contributed by atoms with Crippen LogP contribution in [0.5, 0.6) is 0 Å². The second-order valence-corrected chi connectivity index (χ2v) is 9.16. The normalized spacial score (nSPS) is 22.5. The highest BCUT2D eigenvalue weighted by Crippen LogP contribution is 2.21. The van der Waals surface area contributed by atoms with Crippen molar-refractivity contribution in [2.45, 2.75) is 25.2 Å². The van der Waals surface area contributed by atoms with Crippen molar-refractivity contribution < 1.29 is 13.2 Å². The predicted octanol–water partition coefficient (Wildman–Crippen LogP) is 1.85. The lowest BCUT2D eigenvalue weighted by Gasteiger charge is -2.34. The smallest absolute Gasteiger partial charge is 0.242 e. The van der Waals surface area contributed by atoms with Crippen LogP contribution in [-0.2, 0) is 14.8 Å². The molecule has 0 aliphatic carbocycles. The van der Waals surface area contributed by atoms with E-state index in [0.29, 0.717) is 24.1 Å². The van der Waals surface area contributed by atoms with Crippen LogP contribution >= 0.6 is 0 Å². The number of carbonyl (C=O) groups is 1. The Balaban J connectivity index is 2.02. The number of nitrogens with one attached hydrogen (secondary N) is 1. The van der Waals surface area contributed by atoms with Crippen molar-refractivity contribution in [1.82, 2.24) is 9.21 Å². The molecule has 1 saturated heterocycles. The monoisotopic (exact) mass is 353 g/mol. The molecule has 1 aliphatic rings. The van der Waals surface area contributed by atoms with E-state index in [1.807, 2.05) is 0 Å². The Kier molecular flexibility index (Phi) is 6.01. The number of hydrogen-bond donors (Lipinski definition) is 1. The zero-order valence-corrected chi connectivity index (χ0v) is 15.6. The maximum absolute atomic E-state index is 12.3. The molecule has 1 fully saturated rings. The van der Waals surface area contributed by atoms with E-state index < -0.39 is 10.0 Å². The topological polar surface area (TPSA) is 69.7 Å². The number of nitrogens with zero attached hydrogens (tertiary/aromatic N) is 2. The van der Waals surface area contributed by atoms with Crippen molar-refractivity contribution in [1.29, 1.82) is 0 Å². The van der Waals surface area contributed by atoms with Gasteiger partial charge in [-0.2, -0.15) is 0 Å². The van der Waals surface area contributed by atoms with Gasteiger partial charge in [-0.1, -0.05) is 19.9 Å². The van der Waals surface area contributed by atoms with Gasteiger partial charge in [-0.15, -0.1) is 0 Å². The molecular weight excluding hydrogens is 326 g/mol. The summed E-state index contributed by atoms with van der Waals surface area (Å²) in [5.41, 5.74) is 0.501. The molecule has 1 N–H and O–H groups in total. The SMILES string of the molecule is C[C@H]1C[C@H](C)CN(CC(=O)Nc2cccc(S(=O)(=O)N(C)C)c2)C1. The molecule has 2 rings (SSSR count). The van der Waals surface area contributed by atoms with Crippen LogP contribution in [0.2, 0.25) is 0 Å². The highest BCUT2D eigenvalue weighted by molar-refractivity contribution is 7.89. The third-order valence-electron chi connectivity index (χ3n) is 4.21. The molecule has 1 aliphatic heterocycles. The highest BCUT2D eigenvalue weighted by atomic mass is 32.2. The van der Waals surface area contributed by atoms with Gasteiger partial charge < -0.3 is 5.32 Å². The van der Waals surface area contributed by atoms with Gasteiger partial charge in [0.2, 0.25) is 15.9 Å². The van der Waals surface area contributed by atoms with E-state index in [-0.39, 0.29) is 10.8 Å². The van der Waals surface area contributed by atoms with Gasteiger partial charge >= 0.3 is 0 Å². The van der Waals surface area contributed by atoms with Crippen LogP contribution in [0.25, 0.3) is 0 Å². The molecule has 1 heterocycles. The first-order valence-electron chi connectivity index (χ1n) is 8.23. The Hall–Kier alpha value is -1.44. The van der Waals surface area contributed by atoms with Crippen LogP contribution < -0.4 is 5.32 Å². The molecular formula is C17H27N3O3S. The van der Waals surface area contributed by atoms with Gasteiger partial charge in [0.1, 0.15) is 0 Å². The minimum Gasteiger partial charge on any atom is -0.325 e. The molecule has 1 aromatic carbocycles. The third-order valence-corrected chi connectivity index (χ3v) is 6.02. The maximum atomic E-state index is 12.3. The number of benzene rings is 1. The van der Waals surface area contributed by atoms with Gasteiger partial charge in [0.15, 0.2) is 0 Å². The third kappa shape index (κ3) is 4.78. The number of hydrogen-bond acceptors (Lipinski definition) is 4. The molecule has 1 amide bonds. The zero-order valence-electron chi connectivity index (χ0n) is 14.8. The lowest BCUT2D eigenvalue weighted by Crippen LogP contribution is -2.42. The van der Waals surface area contributed by atoms with Gasteiger partial charge in [-0.25, -0.2) is 12.7 Å². The Morgan fingerprint density at radius 1 is 1.25 bits per heavy atom. The molecule has 6 nitrogen and oxygen atoms in total. The van der Waals surface area contributed by atoms with Gasteiger partial charge in [0.05, 0.1) is 11.4 Å². The van der Waals surface area contributed by atoms with Crippen molar-refractivity contribution in [3.05, 3.63) is 24.3 Å². The number of likely N-dealkylation sites (tertiary alicyclic amines) is 1. The number of anilines is 1. The summed E-state index contributed by atoms with van der Waals surface area (Å²) in [6.45, 7) is 6.59. The fraction of sp³-hybridized carbons (Fsp3) is 0.588. The fourth-order valence-electron chi connectivity index (χ4n) is 3.27. The molecule has 7 heteroatoms. The Labute approximate surface area is 144 Å². The van der Waals surface area contributed by atoms with E-state index in [1.54, 1.807) is 12.1 Å². The van der Waals surface area contributed by atoms with Crippen molar-refractivity contribution >= 4 is 21.6 Å². The molecule has 1 aromatic rings. The van der Waals surface area contributed by atoms with Crippen LogP contribution in [-0.4, -0.2) is 57.3 Å². The number of piperidine rings is 1. The van der Waals surface area contributed by atoms with Crippen molar-refractivity contribution in [3.63, 3.8) is 0 Å². The average Bonchev–Trinajstić information content (AvgIpc) is 2.45. The number of sulfonamides is 1. The van der Waals surface area contributed by atoms with Crippen LogP contribution in [0.4, 0.5) is 5.69 Å². The van der Waals surface area contributed by atoms with E-state index in [4.69, 9.17) is 0 Å². The Morgan fingerprint density at radius 3 is 2.46 bits per heavy atom. The van der Waals surface area contributed by atoms with Gasteiger partial charge in [0, 0.05) is 32.9 Å². The predicted molar refractivity (Wildman–Crippen MR) is 95.3 cm³/mol. The first-order chi connectivity index (χ1) is 11.2. The first kappa shape index (κ1) is 18.9.